The molecule has 0 radical (unpaired) electrons. The third-order valence-corrected chi connectivity index (χ3v) is 4.34. The molecule has 1 aliphatic rings. The van der Waals surface area contributed by atoms with Gasteiger partial charge in [-0.1, -0.05) is 18.2 Å². The molecule has 0 bridgehead atoms. The Bertz CT molecular complexity index is 675. The molecule has 1 aromatic heterocycles. The number of benzene rings is 1. The van der Waals surface area contributed by atoms with Crippen molar-refractivity contribution < 1.29 is 5.48 Å². The van der Waals surface area contributed by atoms with Crippen molar-refractivity contribution in [2.45, 2.75) is 13.8 Å². The van der Waals surface area contributed by atoms with Gasteiger partial charge in [0.15, 0.2) is 0 Å². The van der Waals surface area contributed by atoms with Gasteiger partial charge in [-0.25, -0.2) is 0 Å². The van der Waals surface area contributed by atoms with Crippen LogP contribution in [0, 0.1) is 13.8 Å². The molecule has 0 unspecified atom stereocenters. The zero-order chi connectivity index (χ0) is 16.4. The van der Waals surface area contributed by atoms with E-state index in [0.717, 1.165) is 47.9 Å². The van der Waals surface area contributed by atoms with Crippen LogP contribution in [0.25, 0.3) is 11.1 Å². The van der Waals surface area contributed by atoms with E-state index in [1.165, 1.54) is 11.3 Å². The summed E-state index contributed by atoms with van der Waals surface area (Å²) in [6.07, 6.45) is 0. The molecule has 2 nitrogen and oxygen atoms in total. The van der Waals surface area contributed by atoms with E-state index >= 15 is 0 Å². The number of nitrogens with zero attached hydrogens (tertiary/aromatic N) is 1. The quantitative estimate of drug-likeness (QED) is 0.904. The molecular weight excluding hydrogens is 252 g/mol. The van der Waals surface area contributed by atoms with Gasteiger partial charge in [0, 0.05) is 53.4 Å². The third kappa shape index (κ3) is 2.40. The van der Waals surface area contributed by atoms with Crippen molar-refractivity contribution in [3.05, 3.63) is 40.1 Å². The average Bonchev–Trinajstić information content (AvgIpc) is 3.00. The number of piperazine rings is 1. The highest BCUT2D eigenvalue weighted by atomic mass is 32.1. The van der Waals surface area contributed by atoms with E-state index in [1.54, 1.807) is 5.38 Å². The van der Waals surface area contributed by atoms with Crippen LogP contribution in [-0.4, -0.2) is 26.2 Å². The Labute approximate surface area is 124 Å². The lowest BCUT2D eigenvalue weighted by molar-refractivity contribution is 0.589. The molecule has 1 N–H and O–H groups in total. The van der Waals surface area contributed by atoms with E-state index in [4.69, 9.17) is 5.48 Å². The maximum atomic E-state index is 7.82. The Morgan fingerprint density at radius 3 is 2.89 bits per heavy atom. The summed E-state index contributed by atoms with van der Waals surface area (Å²) in [5.74, 6) is 0. The predicted molar refractivity (Wildman–Crippen MR) is 84.3 cm³/mol. The number of hydrogen-bond donors (Lipinski definition) is 1. The number of aryl methyl sites for hydroxylation is 2. The first-order valence-electron chi connectivity index (χ1n) is 8.68. The van der Waals surface area contributed by atoms with Crippen LogP contribution in [-0.2, 0) is 0 Å². The molecule has 2 heterocycles. The lowest BCUT2D eigenvalue weighted by atomic mass is 10.00. The van der Waals surface area contributed by atoms with Gasteiger partial charge in [0.2, 0.25) is 0 Å². The van der Waals surface area contributed by atoms with Gasteiger partial charge in [-0.05, 0) is 30.8 Å². The normalized spacial score (nSPS) is 19.5. The minimum absolute atomic E-state index is 0.103. The molecule has 0 aliphatic carbocycles. The zero-order valence-corrected chi connectivity index (χ0v) is 11.6. The highest BCUT2D eigenvalue weighted by molar-refractivity contribution is 7.10. The molecule has 0 amide bonds. The Balaban J connectivity index is 2.14. The maximum Gasteiger partial charge on any atom is 0.0447 e. The van der Waals surface area contributed by atoms with E-state index in [0.29, 0.717) is 5.56 Å². The van der Waals surface area contributed by atoms with Gasteiger partial charge < -0.3 is 10.2 Å². The number of thiophene rings is 1. The molecule has 100 valence electrons. The van der Waals surface area contributed by atoms with Gasteiger partial charge in [-0.15, -0.1) is 11.3 Å². The summed E-state index contributed by atoms with van der Waals surface area (Å²) in [6.45, 7) is 1.60. The highest BCUT2D eigenvalue weighted by Crippen LogP contribution is 2.37. The second-order valence-electron chi connectivity index (χ2n) is 4.70. The van der Waals surface area contributed by atoms with E-state index < -0.39 is 6.85 Å². The standard InChI is InChI=1S/C16H20N2S/c1-12-11-19-13(2)16(12)14-5-3-4-6-15(14)18-9-7-17-8-10-18/h3-6,11,17H,7-10H2,1-2H3/i1D3,2D. The van der Waals surface area contributed by atoms with Crippen LogP contribution in [0.4, 0.5) is 5.69 Å². The van der Waals surface area contributed by atoms with Gasteiger partial charge in [0.1, 0.15) is 0 Å². The molecule has 0 atom stereocenters. The van der Waals surface area contributed by atoms with Gasteiger partial charge in [0.25, 0.3) is 0 Å². The fraction of sp³-hybridized carbons (Fsp3) is 0.375. The average molecular weight is 276 g/mol. The minimum atomic E-state index is -2.16. The van der Waals surface area contributed by atoms with Gasteiger partial charge in [0.05, 0.1) is 0 Å². The number of anilines is 1. The van der Waals surface area contributed by atoms with Crippen LogP contribution in [0.3, 0.4) is 0 Å². The summed E-state index contributed by atoms with van der Waals surface area (Å²) in [6, 6.07) is 7.96. The van der Waals surface area contributed by atoms with Gasteiger partial charge in [-0.2, -0.15) is 0 Å². The van der Waals surface area contributed by atoms with Crippen LogP contribution in [0.2, 0.25) is 0 Å². The first-order chi connectivity index (χ1) is 11.0. The summed E-state index contributed by atoms with van der Waals surface area (Å²) in [4.78, 5) is 3.11. The molecule has 0 saturated carbocycles. The fourth-order valence-corrected chi connectivity index (χ4v) is 3.28. The topological polar surface area (TPSA) is 15.3 Å². The molecule has 3 heteroatoms. The van der Waals surface area contributed by atoms with Crippen molar-refractivity contribution in [3.8, 4) is 11.1 Å². The van der Waals surface area contributed by atoms with Crippen molar-refractivity contribution in [3.63, 3.8) is 0 Å². The smallest absolute Gasteiger partial charge is 0.0447 e. The van der Waals surface area contributed by atoms with Crippen LogP contribution >= 0.6 is 11.3 Å². The number of hydrogen-bond acceptors (Lipinski definition) is 3. The maximum absolute atomic E-state index is 7.82. The molecule has 0 spiro atoms. The van der Waals surface area contributed by atoms with Crippen molar-refractivity contribution in [2.75, 3.05) is 31.1 Å². The van der Waals surface area contributed by atoms with E-state index in [1.807, 2.05) is 18.2 Å². The minimum Gasteiger partial charge on any atom is -0.368 e. The Kier molecular flexibility index (Phi) is 2.47. The lowest BCUT2D eigenvalue weighted by Gasteiger charge is -2.31. The Morgan fingerprint density at radius 1 is 1.26 bits per heavy atom. The fourth-order valence-electron chi connectivity index (χ4n) is 2.56. The molecule has 19 heavy (non-hydrogen) atoms. The molecule has 1 saturated heterocycles. The van der Waals surface area contributed by atoms with Crippen molar-refractivity contribution in [2.24, 2.45) is 0 Å². The van der Waals surface area contributed by atoms with Crippen LogP contribution in [0.5, 0.6) is 0 Å². The third-order valence-electron chi connectivity index (χ3n) is 3.50. The second-order valence-corrected chi connectivity index (χ2v) is 5.67. The molecule has 3 rings (SSSR count). The van der Waals surface area contributed by atoms with E-state index in [-0.39, 0.29) is 6.90 Å². The Hall–Kier alpha value is -1.32. The molecule has 1 fully saturated rings. The van der Waals surface area contributed by atoms with E-state index in [2.05, 4.69) is 16.3 Å². The summed E-state index contributed by atoms with van der Waals surface area (Å²) < 4.78 is 31.2. The number of para-hydroxylation sites is 1. The number of nitrogens with one attached hydrogen (secondary N) is 1. The predicted octanol–water partition coefficient (Wildman–Crippen LogP) is 3.44. The number of rotatable bonds is 2. The van der Waals surface area contributed by atoms with Crippen LogP contribution in [0.15, 0.2) is 29.6 Å². The zero-order valence-electron chi connectivity index (χ0n) is 14.8. The first kappa shape index (κ1) is 8.77. The SMILES string of the molecule is [2H]Cc1scc(C([2H])([2H])[2H])c1-c1ccccc1N1CCNCC1. The van der Waals surface area contributed by atoms with Gasteiger partial charge in [-0.3, -0.25) is 0 Å². The van der Waals surface area contributed by atoms with Crippen molar-refractivity contribution >= 4 is 17.0 Å². The second kappa shape index (κ2) is 5.35. The summed E-state index contributed by atoms with van der Waals surface area (Å²) in [5, 5.41) is 5.03. The first-order valence-corrected chi connectivity index (χ1v) is 7.35. The summed E-state index contributed by atoms with van der Waals surface area (Å²) in [5.41, 5.74) is 3.10. The summed E-state index contributed by atoms with van der Waals surface area (Å²) >= 11 is 1.37. The van der Waals surface area contributed by atoms with Crippen LogP contribution < -0.4 is 10.2 Å². The van der Waals surface area contributed by atoms with Crippen molar-refractivity contribution in [1.29, 1.82) is 0 Å². The molecular formula is C16H20N2S. The summed E-state index contributed by atoms with van der Waals surface area (Å²) in [7, 11) is 0. The van der Waals surface area contributed by atoms with Gasteiger partial charge >= 0.3 is 0 Å². The highest BCUT2D eigenvalue weighted by Gasteiger charge is 2.17. The molecule has 1 aliphatic heterocycles. The van der Waals surface area contributed by atoms with Crippen molar-refractivity contribution in [1.82, 2.24) is 5.32 Å². The largest absolute Gasteiger partial charge is 0.368 e. The molecule has 2 aromatic rings. The van der Waals surface area contributed by atoms with E-state index in [9.17, 15) is 0 Å². The monoisotopic (exact) mass is 276 g/mol. The molecule has 1 aromatic carbocycles. The van der Waals surface area contributed by atoms with Crippen LogP contribution in [0.1, 0.15) is 15.9 Å². The lowest BCUT2D eigenvalue weighted by Crippen LogP contribution is -2.43. The Morgan fingerprint density at radius 2 is 2.11 bits per heavy atom.